The van der Waals surface area contributed by atoms with E-state index in [1.54, 1.807) is 31.4 Å². The number of ether oxygens (including phenoxy) is 2. The molecule has 0 fully saturated rings. The molecule has 4 N–H and O–H groups in total. The molecule has 2 amide bonds. The molecule has 0 spiro atoms. The highest BCUT2D eigenvalue weighted by molar-refractivity contribution is 8.01. The van der Waals surface area contributed by atoms with Crippen LogP contribution in [0.5, 0.6) is 5.75 Å². The predicted octanol–water partition coefficient (Wildman–Crippen LogP) is 1.70. The number of amides is 2. The Bertz CT molecular complexity index is 898. The number of esters is 1. The summed E-state index contributed by atoms with van der Waals surface area (Å²) in [7, 11) is 2.84. The summed E-state index contributed by atoms with van der Waals surface area (Å²) in [5, 5.41) is 13.5. The van der Waals surface area contributed by atoms with E-state index in [4.69, 9.17) is 15.2 Å². The van der Waals surface area contributed by atoms with Crippen LogP contribution in [-0.2, 0) is 9.53 Å². The smallest absolute Gasteiger partial charge is 0.338 e. The van der Waals surface area contributed by atoms with Crippen LogP contribution in [0.1, 0.15) is 11.6 Å². The number of aromatic nitrogens is 2. The fourth-order valence-corrected chi connectivity index (χ4v) is 4.17. The molecule has 0 bridgehead atoms. The normalized spacial score (nSPS) is 16.5. The highest BCUT2D eigenvalue weighted by Gasteiger charge is 2.33. The number of anilines is 1. The van der Waals surface area contributed by atoms with Gasteiger partial charge in [-0.15, -0.1) is 10.2 Å². The van der Waals surface area contributed by atoms with Crippen molar-refractivity contribution in [3.63, 3.8) is 0 Å². The molecule has 1 aromatic heterocycles. The van der Waals surface area contributed by atoms with Gasteiger partial charge in [0.25, 0.3) is 0 Å². The van der Waals surface area contributed by atoms with Gasteiger partial charge in [-0.1, -0.05) is 35.2 Å². The van der Waals surface area contributed by atoms with Crippen molar-refractivity contribution < 1.29 is 19.1 Å². The minimum Gasteiger partial charge on any atom is -0.497 e. The Kier molecular flexibility index (Phi) is 5.81. The molecule has 0 radical (unpaired) electrons. The van der Waals surface area contributed by atoms with Gasteiger partial charge in [-0.05, 0) is 17.7 Å². The van der Waals surface area contributed by atoms with Gasteiger partial charge in [-0.3, -0.25) is 0 Å². The molecular formula is C16H17N5O4S2. The van der Waals surface area contributed by atoms with E-state index in [9.17, 15) is 9.59 Å². The van der Waals surface area contributed by atoms with Crippen LogP contribution in [0.4, 0.5) is 9.93 Å². The summed E-state index contributed by atoms with van der Waals surface area (Å²) in [6.07, 6.45) is 0. The average Bonchev–Trinajstić information content (AvgIpc) is 3.10. The lowest BCUT2D eigenvalue weighted by Crippen LogP contribution is -2.46. The van der Waals surface area contributed by atoms with E-state index in [-0.39, 0.29) is 0 Å². The van der Waals surface area contributed by atoms with Gasteiger partial charge in [0.2, 0.25) is 5.13 Å². The molecule has 27 heavy (non-hydrogen) atoms. The molecule has 1 aliphatic rings. The third kappa shape index (κ3) is 4.31. The number of urea groups is 1. The fraction of sp³-hybridized carbons (Fsp3) is 0.250. The highest BCUT2D eigenvalue weighted by atomic mass is 32.2. The molecule has 2 aromatic rings. The Hall–Kier alpha value is -2.79. The molecule has 11 heteroatoms. The number of nitrogens with one attached hydrogen (secondary N) is 2. The standard InChI is InChI=1S/C16H17N5O4S2/c1-24-9-5-3-4-8(6-9)12-11(13(22)25-2)10(18-15(23)19-12)7-26-16-21-20-14(17)27-16/h3-6,12H,7H2,1-2H3,(H2,17,20)(H2,18,19,23)/t12-/m0/s1. The number of benzene rings is 1. The molecule has 1 atom stereocenters. The lowest BCUT2D eigenvalue weighted by Gasteiger charge is -2.29. The maximum atomic E-state index is 12.5. The lowest BCUT2D eigenvalue weighted by atomic mass is 9.95. The van der Waals surface area contributed by atoms with Crippen LogP contribution < -0.4 is 21.1 Å². The Morgan fingerprint density at radius 1 is 1.37 bits per heavy atom. The van der Waals surface area contributed by atoms with Gasteiger partial charge >= 0.3 is 12.0 Å². The van der Waals surface area contributed by atoms with Crippen LogP contribution in [0, 0.1) is 0 Å². The van der Waals surface area contributed by atoms with Crippen molar-refractivity contribution in [2.45, 2.75) is 10.4 Å². The largest absolute Gasteiger partial charge is 0.497 e. The predicted molar refractivity (Wildman–Crippen MR) is 101 cm³/mol. The van der Waals surface area contributed by atoms with Crippen LogP contribution in [0.25, 0.3) is 0 Å². The van der Waals surface area contributed by atoms with Crippen LogP contribution in [0.2, 0.25) is 0 Å². The van der Waals surface area contributed by atoms with E-state index in [1.165, 1.54) is 30.2 Å². The second-order valence-corrected chi connectivity index (χ2v) is 7.62. The SMILES string of the molecule is COC(=O)C1=C(CSc2nnc(N)s2)NC(=O)N[C@H]1c1cccc(OC)c1. The van der Waals surface area contributed by atoms with Crippen LogP contribution >= 0.6 is 23.1 Å². The first-order chi connectivity index (χ1) is 13.0. The second-order valence-electron chi connectivity index (χ2n) is 5.39. The molecule has 1 aromatic carbocycles. The molecule has 1 aliphatic heterocycles. The Balaban J connectivity index is 1.97. The first kappa shape index (κ1) is 19.0. The highest BCUT2D eigenvalue weighted by Crippen LogP contribution is 2.32. The van der Waals surface area contributed by atoms with Gasteiger partial charge in [0.15, 0.2) is 4.34 Å². The summed E-state index contributed by atoms with van der Waals surface area (Å²) >= 11 is 2.55. The number of methoxy groups -OCH3 is 2. The molecule has 2 heterocycles. The number of nitrogen functional groups attached to an aromatic ring is 1. The summed E-state index contributed by atoms with van der Waals surface area (Å²) in [5.74, 6) is 0.375. The molecule has 142 valence electrons. The van der Waals surface area contributed by atoms with Crippen molar-refractivity contribution in [1.29, 1.82) is 0 Å². The number of hydrogen-bond donors (Lipinski definition) is 3. The van der Waals surface area contributed by atoms with E-state index in [2.05, 4.69) is 20.8 Å². The molecular weight excluding hydrogens is 390 g/mol. The number of carbonyl (C=O) groups excluding carboxylic acids is 2. The quantitative estimate of drug-likeness (QED) is 0.488. The van der Waals surface area contributed by atoms with Crippen molar-refractivity contribution in [3.8, 4) is 5.75 Å². The molecule has 0 aliphatic carbocycles. The van der Waals surface area contributed by atoms with Gasteiger partial charge in [0, 0.05) is 11.4 Å². The third-order valence-corrected chi connectivity index (χ3v) is 5.66. The van der Waals surface area contributed by atoms with Crippen molar-refractivity contribution in [1.82, 2.24) is 20.8 Å². The van der Waals surface area contributed by atoms with Crippen LogP contribution in [-0.4, -0.2) is 42.2 Å². The maximum Gasteiger partial charge on any atom is 0.338 e. The Morgan fingerprint density at radius 2 is 2.19 bits per heavy atom. The number of nitrogens with two attached hydrogens (primary N) is 1. The summed E-state index contributed by atoms with van der Waals surface area (Å²) in [4.78, 5) is 24.7. The molecule has 3 rings (SSSR count). The molecule has 0 saturated carbocycles. The van der Waals surface area contributed by atoms with Crippen LogP contribution in [0.15, 0.2) is 39.9 Å². The topological polar surface area (TPSA) is 128 Å². The summed E-state index contributed by atoms with van der Waals surface area (Å²) < 4.78 is 10.8. The van der Waals surface area contributed by atoms with Crippen molar-refractivity contribution in [2.24, 2.45) is 0 Å². The average molecular weight is 407 g/mol. The number of rotatable bonds is 6. The number of thioether (sulfide) groups is 1. The number of hydrogen-bond acceptors (Lipinski definition) is 9. The van der Waals surface area contributed by atoms with Gasteiger partial charge in [0.05, 0.1) is 25.8 Å². The lowest BCUT2D eigenvalue weighted by molar-refractivity contribution is -0.136. The Labute approximate surface area is 163 Å². The van der Waals surface area contributed by atoms with E-state index in [1.807, 2.05) is 0 Å². The van der Waals surface area contributed by atoms with Gasteiger partial charge in [-0.2, -0.15) is 0 Å². The third-order valence-electron chi connectivity index (χ3n) is 3.75. The zero-order valence-corrected chi connectivity index (χ0v) is 16.1. The van der Waals surface area contributed by atoms with Crippen molar-refractivity contribution >= 4 is 40.2 Å². The van der Waals surface area contributed by atoms with Crippen molar-refractivity contribution in [3.05, 3.63) is 41.1 Å². The zero-order valence-electron chi connectivity index (χ0n) is 14.5. The summed E-state index contributed by atoms with van der Waals surface area (Å²) in [5.41, 5.74) is 7.04. The Morgan fingerprint density at radius 3 is 2.85 bits per heavy atom. The minimum absolute atomic E-state index is 0.299. The van der Waals surface area contributed by atoms with Gasteiger partial charge in [-0.25, -0.2) is 9.59 Å². The summed E-state index contributed by atoms with van der Waals surface area (Å²) in [6.45, 7) is 0. The number of carbonyl (C=O) groups is 2. The number of nitrogens with zero attached hydrogens (tertiary/aromatic N) is 2. The first-order valence-electron chi connectivity index (χ1n) is 7.76. The molecule has 0 unspecified atom stereocenters. The minimum atomic E-state index is -0.670. The van der Waals surface area contributed by atoms with Gasteiger partial charge < -0.3 is 25.8 Å². The maximum absolute atomic E-state index is 12.5. The molecule has 0 saturated heterocycles. The van der Waals surface area contributed by atoms with E-state index in [0.717, 1.165) is 0 Å². The van der Waals surface area contributed by atoms with Crippen molar-refractivity contribution in [2.75, 3.05) is 25.7 Å². The first-order valence-corrected chi connectivity index (χ1v) is 9.56. The van der Waals surface area contributed by atoms with E-state index >= 15 is 0 Å². The monoisotopic (exact) mass is 407 g/mol. The fourth-order valence-electron chi connectivity index (χ4n) is 2.57. The second kappa shape index (κ2) is 8.27. The van der Waals surface area contributed by atoms with E-state index in [0.29, 0.717) is 37.8 Å². The van der Waals surface area contributed by atoms with Crippen LogP contribution in [0.3, 0.4) is 0 Å². The van der Waals surface area contributed by atoms with E-state index < -0.39 is 18.0 Å². The zero-order chi connectivity index (χ0) is 19.4. The van der Waals surface area contributed by atoms with Gasteiger partial charge in [0.1, 0.15) is 5.75 Å². The molecule has 9 nitrogen and oxygen atoms in total. The summed E-state index contributed by atoms with van der Waals surface area (Å²) in [6, 6.07) is 6.05.